The Hall–Kier alpha value is -0.170. The molecule has 0 aromatic carbocycles. The Kier molecular flexibility index (Phi) is 5.85. The summed E-state index contributed by atoms with van der Waals surface area (Å²) in [7, 11) is -3.07. The van der Waals surface area contributed by atoms with Gasteiger partial charge in [-0.05, 0) is 12.3 Å². The Morgan fingerprint density at radius 2 is 1.76 bits per heavy atom. The highest BCUT2D eigenvalue weighted by molar-refractivity contribution is 7.89. The summed E-state index contributed by atoms with van der Waals surface area (Å²) in [4.78, 5) is 2.09. The van der Waals surface area contributed by atoms with Gasteiger partial charge in [0, 0.05) is 32.7 Å². The van der Waals surface area contributed by atoms with E-state index >= 15 is 0 Å². The zero-order valence-corrected chi connectivity index (χ0v) is 11.6. The third-order valence-corrected chi connectivity index (χ3v) is 5.00. The van der Waals surface area contributed by atoms with Gasteiger partial charge in [-0.1, -0.05) is 13.8 Å². The fourth-order valence-corrected chi connectivity index (χ4v) is 3.63. The zero-order valence-electron chi connectivity index (χ0n) is 10.8. The molecule has 1 aliphatic rings. The lowest BCUT2D eigenvalue weighted by Gasteiger charge is -2.33. The average molecular weight is 264 g/mol. The maximum Gasteiger partial charge on any atom is 0.214 e. The predicted octanol–water partition coefficient (Wildman–Crippen LogP) is -0.0278. The van der Waals surface area contributed by atoms with Gasteiger partial charge in [-0.2, -0.15) is 4.31 Å². The molecular weight excluding hydrogens is 240 g/mol. The van der Waals surface area contributed by atoms with Gasteiger partial charge in [0.1, 0.15) is 0 Å². The number of hydrogen-bond acceptors (Lipinski definition) is 4. The molecule has 17 heavy (non-hydrogen) atoms. The molecule has 0 bridgehead atoms. The molecule has 0 aliphatic carbocycles. The first-order valence-corrected chi connectivity index (χ1v) is 7.87. The summed E-state index contributed by atoms with van der Waals surface area (Å²) < 4.78 is 25.6. The van der Waals surface area contributed by atoms with Crippen LogP contribution in [-0.2, 0) is 10.0 Å². The molecule has 0 saturated carbocycles. The number of aliphatic hydroxyl groups excluding tert-OH is 1. The van der Waals surface area contributed by atoms with Crippen molar-refractivity contribution < 1.29 is 13.5 Å². The quantitative estimate of drug-likeness (QED) is 0.732. The van der Waals surface area contributed by atoms with Crippen molar-refractivity contribution in [2.24, 2.45) is 5.92 Å². The van der Waals surface area contributed by atoms with Crippen molar-refractivity contribution in [1.82, 2.24) is 9.21 Å². The molecule has 0 unspecified atom stereocenters. The van der Waals surface area contributed by atoms with E-state index < -0.39 is 10.0 Å². The molecule has 1 N–H and O–H groups in total. The number of sulfonamides is 1. The Bertz CT molecular complexity index is 309. The van der Waals surface area contributed by atoms with E-state index in [9.17, 15) is 8.42 Å². The lowest BCUT2D eigenvalue weighted by atomic mass is 10.2. The SMILES string of the molecule is CC(C)CCS(=O)(=O)N1CCN(CCO)CC1. The second kappa shape index (κ2) is 6.68. The van der Waals surface area contributed by atoms with Crippen molar-refractivity contribution in [1.29, 1.82) is 0 Å². The second-order valence-electron chi connectivity index (χ2n) is 4.96. The number of piperazine rings is 1. The van der Waals surface area contributed by atoms with Gasteiger partial charge in [0.25, 0.3) is 0 Å². The molecule has 1 fully saturated rings. The predicted molar refractivity (Wildman–Crippen MR) is 68.3 cm³/mol. The van der Waals surface area contributed by atoms with Gasteiger partial charge in [-0.3, -0.25) is 4.90 Å². The van der Waals surface area contributed by atoms with Gasteiger partial charge >= 0.3 is 0 Å². The molecule has 5 nitrogen and oxygen atoms in total. The first kappa shape index (κ1) is 14.9. The van der Waals surface area contributed by atoms with E-state index in [2.05, 4.69) is 4.90 Å². The minimum atomic E-state index is -3.07. The highest BCUT2D eigenvalue weighted by atomic mass is 32.2. The van der Waals surface area contributed by atoms with E-state index in [0.29, 0.717) is 25.6 Å². The van der Waals surface area contributed by atoms with E-state index in [1.165, 1.54) is 0 Å². The lowest BCUT2D eigenvalue weighted by molar-refractivity contribution is 0.151. The van der Waals surface area contributed by atoms with Gasteiger partial charge in [-0.15, -0.1) is 0 Å². The highest BCUT2D eigenvalue weighted by Gasteiger charge is 2.26. The molecule has 1 aliphatic heterocycles. The number of hydrogen-bond donors (Lipinski definition) is 1. The van der Waals surface area contributed by atoms with Crippen LogP contribution in [0.1, 0.15) is 20.3 Å². The molecule has 0 spiro atoms. The molecule has 0 aromatic rings. The summed E-state index contributed by atoms with van der Waals surface area (Å²) in [6.45, 7) is 7.41. The van der Waals surface area contributed by atoms with E-state index in [4.69, 9.17) is 5.11 Å². The number of rotatable bonds is 6. The molecule has 0 atom stereocenters. The van der Waals surface area contributed by atoms with Gasteiger partial charge in [-0.25, -0.2) is 8.42 Å². The first-order chi connectivity index (χ1) is 7.95. The van der Waals surface area contributed by atoms with Crippen molar-refractivity contribution in [3.05, 3.63) is 0 Å². The third-order valence-electron chi connectivity index (χ3n) is 3.09. The average Bonchev–Trinajstić information content (AvgIpc) is 2.28. The van der Waals surface area contributed by atoms with Gasteiger partial charge in [0.2, 0.25) is 10.0 Å². The molecule has 102 valence electrons. The fraction of sp³-hybridized carbons (Fsp3) is 1.00. The van der Waals surface area contributed by atoms with Crippen molar-refractivity contribution >= 4 is 10.0 Å². The largest absolute Gasteiger partial charge is 0.395 e. The summed E-state index contributed by atoms with van der Waals surface area (Å²) in [6, 6.07) is 0. The molecule has 0 amide bonds. The topological polar surface area (TPSA) is 60.9 Å². The Balaban J connectivity index is 2.41. The third kappa shape index (κ3) is 4.91. The summed E-state index contributed by atoms with van der Waals surface area (Å²) >= 11 is 0. The monoisotopic (exact) mass is 264 g/mol. The van der Waals surface area contributed by atoms with Crippen LogP contribution in [0.4, 0.5) is 0 Å². The molecule has 6 heteroatoms. The van der Waals surface area contributed by atoms with Crippen molar-refractivity contribution in [3.63, 3.8) is 0 Å². The van der Waals surface area contributed by atoms with Crippen molar-refractivity contribution in [2.75, 3.05) is 45.1 Å². The van der Waals surface area contributed by atoms with Crippen LogP contribution in [0.5, 0.6) is 0 Å². The maximum absolute atomic E-state index is 12.0. The van der Waals surface area contributed by atoms with Gasteiger partial charge < -0.3 is 5.11 Å². The Morgan fingerprint density at radius 1 is 1.18 bits per heavy atom. The smallest absolute Gasteiger partial charge is 0.214 e. The van der Waals surface area contributed by atoms with E-state index in [1.54, 1.807) is 4.31 Å². The lowest BCUT2D eigenvalue weighted by Crippen LogP contribution is -2.49. The van der Waals surface area contributed by atoms with Gasteiger partial charge in [0.05, 0.1) is 12.4 Å². The van der Waals surface area contributed by atoms with Crippen molar-refractivity contribution in [2.45, 2.75) is 20.3 Å². The minimum Gasteiger partial charge on any atom is -0.395 e. The normalized spacial score (nSPS) is 20.0. The Labute approximate surface area is 104 Å². The van der Waals surface area contributed by atoms with Crippen LogP contribution in [-0.4, -0.2) is 67.8 Å². The van der Waals surface area contributed by atoms with Crippen LogP contribution in [0.3, 0.4) is 0 Å². The summed E-state index contributed by atoms with van der Waals surface area (Å²) in [6.07, 6.45) is 0.721. The summed E-state index contributed by atoms with van der Waals surface area (Å²) in [5.41, 5.74) is 0. The minimum absolute atomic E-state index is 0.139. The number of aliphatic hydroxyl groups is 1. The molecule has 0 radical (unpaired) electrons. The second-order valence-corrected chi connectivity index (χ2v) is 7.05. The van der Waals surface area contributed by atoms with E-state index in [-0.39, 0.29) is 12.4 Å². The molecule has 1 heterocycles. The number of nitrogens with zero attached hydrogens (tertiary/aromatic N) is 2. The summed E-state index contributed by atoms with van der Waals surface area (Å²) in [5, 5.41) is 8.82. The van der Waals surface area contributed by atoms with Crippen LogP contribution in [0, 0.1) is 5.92 Å². The highest BCUT2D eigenvalue weighted by Crippen LogP contribution is 2.11. The number of β-amino-alcohol motifs (C(OH)–C–C–N with tert-alkyl or cyclic N) is 1. The summed E-state index contributed by atoms with van der Waals surface area (Å²) in [5.74, 6) is 0.672. The Morgan fingerprint density at radius 3 is 2.24 bits per heavy atom. The van der Waals surface area contributed by atoms with Crippen LogP contribution < -0.4 is 0 Å². The van der Waals surface area contributed by atoms with Crippen LogP contribution >= 0.6 is 0 Å². The van der Waals surface area contributed by atoms with Crippen LogP contribution in [0.15, 0.2) is 0 Å². The van der Waals surface area contributed by atoms with E-state index in [1.807, 2.05) is 13.8 Å². The maximum atomic E-state index is 12.0. The van der Waals surface area contributed by atoms with Crippen LogP contribution in [0.25, 0.3) is 0 Å². The van der Waals surface area contributed by atoms with Crippen molar-refractivity contribution in [3.8, 4) is 0 Å². The zero-order chi connectivity index (χ0) is 12.9. The molecule has 1 rings (SSSR count). The van der Waals surface area contributed by atoms with Gasteiger partial charge in [0.15, 0.2) is 0 Å². The molecule has 1 saturated heterocycles. The standard InChI is InChI=1S/C11H24N2O3S/c1-11(2)3-10-17(15,16)13-6-4-12(5-7-13)8-9-14/h11,14H,3-10H2,1-2H3. The first-order valence-electron chi connectivity index (χ1n) is 6.26. The van der Waals surface area contributed by atoms with E-state index in [0.717, 1.165) is 19.5 Å². The fourth-order valence-electron chi connectivity index (χ4n) is 1.89. The molecule has 0 aromatic heterocycles. The van der Waals surface area contributed by atoms with Crippen LogP contribution in [0.2, 0.25) is 0 Å². The molecular formula is C11H24N2O3S.